The van der Waals surface area contributed by atoms with Crippen molar-refractivity contribution in [1.82, 2.24) is 9.80 Å². The maximum Gasteiger partial charge on any atom is 0.415 e. The summed E-state index contributed by atoms with van der Waals surface area (Å²) in [6.07, 6.45) is 0.102. The van der Waals surface area contributed by atoms with Crippen molar-refractivity contribution in [2.45, 2.75) is 59.0 Å². The first-order valence-corrected chi connectivity index (χ1v) is 11.9. The minimum absolute atomic E-state index is 0.0974. The van der Waals surface area contributed by atoms with Crippen LogP contribution < -0.4 is 4.74 Å². The number of phenols is 1. The summed E-state index contributed by atoms with van der Waals surface area (Å²) in [6, 6.07) is 15.5. The number of aromatic hydroxyl groups is 1. The predicted molar refractivity (Wildman–Crippen MR) is 133 cm³/mol. The second-order valence-electron chi connectivity index (χ2n) is 8.93. The summed E-state index contributed by atoms with van der Waals surface area (Å²) in [7, 11) is 1.48. The van der Waals surface area contributed by atoms with Crippen molar-refractivity contribution in [2.75, 3.05) is 26.7 Å². The highest BCUT2D eigenvalue weighted by Crippen LogP contribution is 2.37. The summed E-state index contributed by atoms with van der Waals surface area (Å²) in [5, 5.41) is 10.3. The van der Waals surface area contributed by atoms with E-state index in [2.05, 4.69) is 32.6 Å². The Kier molecular flexibility index (Phi) is 10.4. The minimum atomic E-state index is -0.669. The van der Waals surface area contributed by atoms with Crippen molar-refractivity contribution in [1.29, 1.82) is 0 Å². The lowest BCUT2D eigenvalue weighted by Gasteiger charge is -2.32. The molecule has 0 bridgehead atoms. The fraction of sp³-hybridized carbons (Fsp3) is 0.481. The first-order valence-electron chi connectivity index (χ1n) is 11.9. The Morgan fingerprint density at radius 1 is 1.00 bits per heavy atom. The third-order valence-corrected chi connectivity index (χ3v) is 5.75. The highest BCUT2D eigenvalue weighted by molar-refractivity contribution is 5.79. The summed E-state index contributed by atoms with van der Waals surface area (Å²) in [5.74, 6) is -0.155. The zero-order valence-corrected chi connectivity index (χ0v) is 21.2. The summed E-state index contributed by atoms with van der Waals surface area (Å²) in [6.45, 7) is 11.3. The van der Waals surface area contributed by atoms with Crippen LogP contribution in [0.4, 0.5) is 4.79 Å². The highest BCUT2D eigenvalue weighted by Gasteiger charge is 2.24. The van der Waals surface area contributed by atoms with E-state index in [0.717, 1.165) is 24.1 Å². The molecule has 34 heavy (non-hydrogen) atoms. The molecular weight excluding hydrogens is 432 g/mol. The van der Waals surface area contributed by atoms with Gasteiger partial charge >= 0.3 is 12.1 Å². The molecule has 1 amide bonds. The summed E-state index contributed by atoms with van der Waals surface area (Å²) in [4.78, 5) is 28.1. The van der Waals surface area contributed by atoms with Crippen LogP contribution >= 0.6 is 0 Å². The topological polar surface area (TPSA) is 79.3 Å². The van der Waals surface area contributed by atoms with E-state index in [1.165, 1.54) is 18.0 Å². The van der Waals surface area contributed by atoms with Gasteiger partial charge in [0.2, 0.25) is 0 Å². The first kappa shape index (κ1) is 27.2. The lowest BCUT2D eigenvalue weighted by Crippen LogP contribution is -2.38. The Morgan fingerprint density at radius 3 is 2.24 bits per heavy atom. The number of phenolic OH excluding ortho intramolecular Hbond substituents is 1. The molecule has 1 N–H and O–H groups in total. The van der Waals surface area contributed by atoms with Crippen LogP contribution in [0.5, 0.6) is 11.5 Å². The molecule has 0 aliphatic carbocycles. The Morgan fingerprint density at radius 2 is 1.65 bits per heavy atom. The monoisotopic (exact) mass is 470 g/mol. The molecule has 1 unspecified atom stereocenters. The molecule has 0 radical (unpaired) electrons. The van der Waals surface area contributed by atoms with Gasteiger partial charge in [-0.2, -0.15) is 0 Å². The van der Waals surface area contributed by atoms with E-state index in [-0.39, 0.29) is 24.8 Å². The number of hydrogen-bond donors (Lipinski definition) is 1. The second kappa shape index (κ2) is 13.0. The van der Waals surface area contributed by atoms with Crippen molar-refractivity contribution in [3.63, 3.8) is 0 Å². The van der Waals surface area contributed by atoms with Gasteiger partial charge in [0.15, 0.2) is 0 Å². The Balaban J connectivity index is 2.36. The van der Waals surface area contributed by atoms with E-state index >= 15 is 0 Å². The molecule has 2 aromatic rings. The number of carbonyl (C=O) groups excluding carboxylic acids is 2. The summed E-state index contributed by atoms with van der Waals surface area (Å²) >= 11 is 0. The number of amides is 1. The van der Waals surface area contributed by atoms with Crippen LogP contribution in [-0.4, -0.2) is 65.8 Å². The molecule has 0 saturated heterocycles. The number of rotatable bonds is 11. The third kappa shape index (κ3) is 7.76. The van der Waals surface area contributed by atoms with Crippen molar-refractivity contribution in [2.24, 2.45) is 0 Å². The van der Waals surface area contributed by atoms with Gasteiger partial charge in [-0.15, -0.1) is 0 Å². The zero-order chi connectivity index (χ0) is 25.3. The van der Waals surface area contributed by atoms with Crippen LogP contribution in [-0.2, 0) is 9.53 Å². The van der Waals surface area contributed by atoms with Crippen molar-refractivity contribution >= 4 is 12.1 Å². The van der Waals surface area contributed by atoms with Crippen LogP contribution in [0.3, 0.4) is 0 Å². The average molecular weight is 471 g/mol. The van der Waals surface area contributed by atoms with Crippen molar-refractivity contribution in [3.05, 3.63) is 59.7 Å². The van der Waals surface area contributed by atoms with E-state index in [4.69, 9.17) is 9.47 Å². The smallest absolute Gasteiger partial charge is 0.415 e. The molecule has 7 nitrogen and oxygen atoms in total. The molecule has 0 saturated carbocycles. The molecule has 0 aliphatic heterocycles. The molecule has 2 aromatic carbocycles. The summed E-state index contributed by atoms with van der Waals surface area (Å²) < 4.78 is 10.6. The molecule has 1 atom stereocenters. The van der Waals surface area contributed by atoms with Gasteiger partial charge in [0.1, 0.15) is 18.0 Å². The molecule has 0 aromatic heterocycles. The van der Waals surface area contributed by atoms with Gasteiger partial charge in [0, 0.05) is 30.6 Å². The Bertz CT molecular complexity index is 922. The van der Waals surface area contributed by atoms with Crippen LogP contribution in [0, 0.1) is 0 Å². The van der Waals surface area contributed by atoms with Crippen LogP contribution in [0.1, 0.15) is 58.1 Å². The zero-order valence-electron chi connectivity index (χ0n) is 21.2. The number of benzene rings is 2. The van der Waals surface area contributed by atoms with Gasteiger partial charge in [-0.25, -0.2) is 4.79 Å². The largest absolute Gasteiger partial charge is 0.508 e. The van der Waals surface area contributed by atoms with Gasteiger partial charge in [-0.1, -0.05) is 30.3 Å². The standard InChI is InChI=1S/C27H38N2O5/c1-7-33-26(31)18-28(6)27(32)34-25-14-13-22(30)17-24(25)23(21-11-9-8-10-12-21)15-16-29(19(2)3)20(4)5/h8-14,17,19-20,23,30H,7,15-16,18H2,1-6H3. The van der Waals surface area contributed by atoms with E-state index < -0.39 is 12.1 Å². The molecule has 2 rings (SSSR count). The Hall–Kier alpha value is -3.06. The fourth-order valence-electron chi connectivity index (χ4n) is 4.12. The number of likely N-dealkylation sites (N-methyl/N-ethyl adjacent to an activating group) is 1. The van der Waals surface area contributed by atoms with Gasteiger partial charge in [0.25, 0.3) is 0 Å². The number of carbonyl (C=O) groups is 2. The maximum atomic E-state index is 12.7. The summed E-state index contributed by atoms with van der Waals surface area (Å²) in [5.41, 5.74) is 1.79. The molecule has 0 aliphatic rings. The van der Waals surface area contributed by atoms with Crippen LogP contribution in [0.25, 0.3) is 0 Å². The van der Waals surface area contributed by atoms with Crippen LogP contribution in [0.2, 0.25) is 0 Å². The van der Waals surface area contributed by atoms with Crippen LogP contribution in [0.15, 0.2) is 48.5 Å². The minimum Gasteiger partial charge on any atom is -0.508 e. The first-order chi connectivity index (χ1) is 16.1. The number of ether oxygens (including phenoxy) is 2. The van der Waals surface area contributed by atoms with E-state index in [0.29, 0.717) is 17.8 Å². The van der Waals surface area contributed by atoms with E-state index in [9.17, 15) is 14.7 Å². The van der Waals surface area contributed by atoms with Crippen molar-refractivity contribution in [3.8, 4) is 11.5 Å². The third-order valence-electron chi connectivity index (χ3n) is 5.75. The second-order valence-corrected chi connectivity index (χ2v) is 8.93. The SMILES string of the molecule is CCOC(=O)CN(C)C(=O)Oc1ccc(O)cc1C(CCN(C(C)C)C(C)C)c1ccccc1. The maximum absolute atomic E-state index is 12.7. The normalized spacial score (nSPS) is 12.1. The molecule has 186 valence electrons. The number of nitrogens with zero attached hydrogens (tertiary/aromatic N) is 2. The molecule has 0 spiro atoms. The van der Waals surface area contributed by atoms with Gasteiger partial charge in [-0.3, -0.25) is 14.6 Å². The average Bonchev–Trinajstić information content (AvgIpc) is 2.78. The van der Waals surface area contributed by atoms with Gasteiger partial charge in [0.05, 0.1) is 6.61 Å². The lowest BCUT2D eigenvalue weighted by molar-refractivity contribution is -0.143. The van der Waals surface area contributed by atoms with Crippen molar-refractivity contribution < 1.29 is 24.2 Å². The number of hydrogen-bond acceptors (Lipinski definition) is 6. The molecule has 0 fully saturated rings. The number of esters is 1. The molecule has 7 heteroatoms. The highest BCUT2D eigenvalue weighted by atomic mass is 16.6. The molecule has 0 heterocycles. The van der Waals surface area contributed by atoms with Gasteiger partial charge in [-0.05, 0) is 71.3 Å². The van der Waals surface area contributed by atoms with E-state index in [1.54, 1.807) is 19.1 Å². The lowest BCUT2D eigenvalue weighted by atomic mass is 9.87. The quantitative estimate of drug-likeness (QED) is 0.464. The van der Waals surface area contributed by atoms with E-state index in [1.807, 2.05) is 30.3 Å². The fourth-order valence-corrected chi connectivity index (χ4v) is 4.12. The molecular formula is C27H38N2O5. The predicted octanol–water partition coefficient (Wildman–Crippen LogP) is 5.03. The Labute approximate surface area is 203 Å². The van der Waals surface area contributed by atoms with Gasteiger partial charge < -0.3 is 14.6 Å².